The molecule has 1 fully saturated rings. The summed E-state index contributed by atoms with van der Waals surface area (Å²) in [5.74, 6) is -5.90. The molecule has 1 saturated heterocycles. The molecule has 18 heteroatoms. The van der Waals surface area contributed by atoms with E-state index < -0.39 is 96.4 Å². The SMILES string of the molecule is CC(C)C[C@H](NC(=O)[C@@H](NC(=O)[C@H](CO)NC(=O)[C@H](C)N)[C@@H](C)O)C(=O)N1CCC[C@H]1C(=O)N[C@@H](CCCCN)C(=O)N[C@@H](C)C(=O)O. The van der Waals surface area contributed by atoms with Crippen LogP contribution >= 0.6 is 0 Å². The Kier molecular flexibility index (Phi) is 18.0. The highest BCUT2D eigenvalue weighted by atomic mass is 16.4. The van der Waals surface area contributed by atoms with Gasteiger partial charge in [0.25, 0.3) is 0 Å². The van der Waals surface area contributed by atoms with Crippen LogP contribution in [0, 0.1) is 5.92 Å². The van der Waals surface area contributed by atoms with Crippen molar-refractivity contribution >= 4 is 41.4 Å². The highest BCUT2D eigenvalue weighted by Crippen LogP contribution is 2.21. The number of carboxylic acid groups (broad SMARTS) is 1. The summed E-state index contributed by atoms with van der Waals surface area (Å²) in [6.07, 6.45) is 0.630. The quantitative estimate of drug-likeness (QED) is 0.0556. The van der Waals surface area contributed by atoms with Gasteiger partial charge in [0.2, 0.25) is 35.4 Å². The Hall–Kier alpha value is -3.87. The summed E-state index contributed by atoms with van der Waals surface area (Å²) in [6.45, 7) is 7.22. The number of nitrogens with one attached hydrogen (secondary N) is 5. The van der Waals surface area contributed by atoms with E-state index in [1.165, 1.54) is 25.7 Å². The summed E-state index contributed by atoms with van der Waals surface area (Å²) >= 11 is 0. The van der Waals surface area contributed by atoms with E-state index >= 15 is 0 Å². The average molecular weight is 687 g/mol. The van der Waals surface area contributed by atoms with Crippen LogP contribution in [0.15, 0.2) is 0 Å². The molecule has 0 bridgehead atoms. The lowest BCUT2D eigenvalue weighted by Gasteiger charge is -2.32. The molecule has 1 aliphatic heterocycles. The number of carbonyl (C=O) groups excluding carboxylic acids is 6. The van der Waals surface area contributed by atoms with E-state index in [9.17, 15) is 48.9 Å². The highest BCUT2D eigenvalue weighted by Gasteiger charge is 2.40. The number of carboxylic acids is 1. The summed E-state index contributed by atoms with van der Waals surface area (Å²) in [6, 6.07) is -8.47. The third kappa shape index (κ3) is 13.3. The maximum atomic E-state index is 13.9. The Morgan fingerprint density at radius 2 is 1.42 bits per heavy atom. The molecule has 0 aromatic carbocycles. The highest BCUT2D eigenvalue weighted by molar-refractivity contribution is 5.97. The van der Waals surface area contributed by atoms with Crippen LogP contribution in [0.2, 0.25) is 0 Å². The fourth-order valence-corrected chi connectivity index (χ4v) is 5.02. The number of rotatable bonds is 20. The molecule has 0 radical (unpaired) electrons. The van der Waals surface area contributed by atoms with Gasteiger partial charge in [-0.25, -0.2) is 0 Å². The first kappa shape index (κ1) is 42.2. The molecule has 0 saturated carbocycles. The molecule has 1 aliphatic rings. The first-order valence-corrected chi connectivity index (χ1v) is 16.2. The normalized spacial score (nSPS) is 18.8. The van der Waals surface area contributed by atoms with Crippen LogP contribution < -0.4 is 38.1 Å². The molecule has 0 aliphatic carbocycles. The molecule has 0 aromatic heterocycles. The third-order valence-corrected chi connectivity index (χ3v) is 7.76. The van der Waals surface area contributed by atoms with Crippen LogP contribution in [0.1, 0.15) is 73.1 Å². The Bertz CT molecular complexity index is 1130. The Morgan fingerprint density at radius 1 is 0.812 bits per heavy atom. The van der Waals surface area contributed by atoms with Crippen LogP contribution in [0.4, 0.5) is 0 Å². The van der Waals surface area contributed by atoms with Gasteiger partial charge in [0, 0.05) is 6.54 Å². The zero-order chi connectivity index (χ0) is 36.7. The Morgan fingerprint density at radius 3 is 1.94 bits per heavy atom. The van der Waals surface area contributed by atoms with Gasteiger partial charge in [0.15, 0.2) is 0 Å². The average Bonchev–Trinajstić information content (AvgIpc) is 3.50. The summed E-state index contributed by atoms with van der Waals surface area (Å²) in [5, 5.41) is 41.3. The molecule has 1 heterocycles. The summed E-state index contributed by atoms with van der Waals surface area (Å²) in [4.78, 5) is 90.9. The molecular weight excluding hydrogens is 632 g/mol. The zero-order valence-electron chi connectivity index (χ0n) is 28.4. The van der Waals surface area contributed by atoms with Crippen molar-refractivity contribution in [3.05, 3.63) is 0 Å². The zero-order valence-corrected chi connectivity index (χ0v) is 28.4. The smallest absolute Gasteiger partial charge is 0.325 e. The molecule has 274 valence electrons. The number of hydrogen-bond donors (Lipinski definition) is 10. The largest absolute Gasteiger partial charge is 0.480 e. The number of amides is 6. The van der Waals surface area contributed by atoms with Gasteiger partial charge in [-0.05, 0) is 71.8 Å². The van der Waals surface area contributed by atoms with Gasteiger partial charge in [-0.1, -0.05) is 13.8 Å². The number of carbonyl (C=O) groups is 7. The summed E-state index contributed by atoms with van der Waals surface area (Å²) < 4.78 is 0. The lowest BCUT2D eigenvalue weighted by Crippen LogP contribution is -2.62. The van der Waals surface area contributed by atoms with Crippen LogP contribution in [0.25, 0.3) is 0 Å². The van der Waals surface area contributed by atoms with Crippen molar-refractivity contribution in [2.24, 2.45) is 17.4 Å². The van der Waals surface area contributed by atoms with Gasteiger partial charge in [-0.3, -0.25) is 33.6 Å². The van der Waals surface area contributed by atoms with Gasteiger partial charge in [-0.2, -0.15) is 0 Å². The first-order valence-electron chi connectivity index (χ1n) is 16.2. The molecule has 1 rings (SSSR count). The molecule has 12 N–H and O–H groups in total. The van der Waals surface area contributed by atoms with E-state index in [0.717, 1.165) is 0 Å². The van der Waals surface area contributed by atoms with Gasteiger partial charge in [0.05, 0.1) is 18.8 Å². The van der Waals surface area contributed by atoms with Gasteiger partial charge in [0.1, 0.15) is 36.3 Å². The molecule has 0 unspecified atom stereocenters. The number of aliphatic carboxylic acids is 1. The number of unbranched alkanes of at least 4 members (excludes halogenated alkanes) is 1. The van der Waals surface area contributed by atoms with Crippen molar-refractivity contribution in [1.82, 2.24) is 31.5 Å². The second-order valence-electron chi connectivity index (χ2n) is 12.6. The predicted molar refractivity (Wildman–Crippen MR) is 172 cm³/mol. The van der Waals surface area contributed by atoms with Gasteiger partial charge < -0.3 is 58.3 Å². The number of nitrogens with two attached hydrogens (primary N) is 2. The lowest BCUT2D eigenvalue weighted by molar-refractivity contribution is -0.144. The molecular formula is C30H54N8O10. The van der Waals surface area contributed by atoms with Gasteiger partial charge >= 0.3 is 5.97 Å². The van der Waals surface area contributed by atoms with Crippen LogP contribution in [-0.4, -0.2) is 130 Å². The van der Waals surface area contributed by atoms with Crippen LogP contribution in [0.5, 0.6) is 0 Å². The molecule has 18 nitrogen and oxygen atoms in total. The topological polar surface area (TPSA) is 296 Å². The van der Waals surface area contributed by atoms with Crippen molar-refractivity contribution in [3.63, 3.8) is 0 Å². The second kappa shape index (κ2) is 20.5. The minimum Gasteiger partial charge on any atom is -0.480 e. The number of hydrogen-bond acceptors (Lipinski definition) is 11. The number of nitrogens with zero attached hydrogens (tertiary/aromatic N) is 1. The van der Waals surface area contributed by atoms with Crippen molar-refractivity contribution in [2.75, 3.05) is 19.7 Å². The van der Waals surface area contributed by atoms with E-state index in [0.29, 0.717) is 25.8 Å². The fourth-order valence-electron chi connectivity index (χ4n) is 5.02. The van der Waals surface area contributed by atoms with E-state index in [2.05, 4.69) is 26.6 Å². The van der Waals surface area contributed by atoms with E-state index in [1.807, 2.05) is 13.8 Å². The van der Waals surface area contributed by atoms with E-state index in [1.54, 1.807) is 0 Å². The fraction of sp³-hybridized carbons (Fsp3) is 0.767. The lowest BCUT2D eigenvalue weighted by atomic mass is 10.0. The maximum absolute atomic E-state index is 13.9. The first-order chi connectivity index (χ1) is 22.4. The third-order valence-electron chi connectivity index (χ3n) is 7.76. The van der Waals surface area contributed by atoms with Crippen molar-refractivity contribution in [1.29, 1.82) is 0 Å². The Balaban J connectivity index is 3.16. The number of aliphatic hydroxyl groups excluding tert-OH is 2. The molecule has 48 heavy (non-hydrogen) atoms. The van der Waals surface area contributed by atoms with Crippen LogP contribution in [0.3, 0.4) is 0 Å². The standard InChI is InChI=1S/C30H54N8O10/c1-15(2)13-20(35-28(45)23(18(5)40)37-26(43)21(14-39)36-24(41)16(3)32)29(46)38-12-8-10-22(38)27(44)34-19(9-6-7-11-31)25(42)33-17(4)30(47)48/h15-23,39-40H,6-14,31-32H2,1-5H3,(H,33,42)(H,34,44)(H,35,45)(H,36,41)(H,37,43)(H,47,48)/t16-,17-,18+,19-,20-,21-,22-,23-/m0/s1. The predicted octanol–water partition coefficient (Wildman–Crippen LogP) is -3.60. The summed E-state index contributed by atoms with van der Waals surface area (Å²) in [7, 11) is 0. The van der Waals surface area contributed by atoms with Crippen molar-refractivity contribution in [3.8, 4) is 0 Å². The van der Waals surface area contributed by atoms with Crippen molar-refractivity contribution < 1.29 is 48.9 Å². The molecule has 6 amide bonds. The Labute approximate surface area is 280 Å². The number of aliphatic hydroxyl groups is 2. The minimum atomic E-state index is -1.58. The maximum Gasteiger partial charge on any atom is 0.325 e. The van der Waals surface area contributed by atoms with E-state index in [-0.39, 0.29) is 31.7 Å². The van der Waals surface area contributed by atoms with Gasteiger partial charge in [-0.15, -0.1) is 0 Å². The van der Waals surface area contributed by atoms with E-state index in [4.69, 9.17) is 11.5 Å². The van der Waals surface area contributed by atoms with Crippen molar-refractivity contribution in [2.45, 2.75) is 122 Å². The molecule has 8 atom stereocenters. The minimum absolute atomic E-state index is 0.118. The molecule has 0 aromatic rings. The molecule has 0 spiro atoms. The van der Waals surface area contributed by atoms with Crippen LogP contribution in [-0.2, 0) is 33.6 Å². The summed E-state index contributed by atoms with van der Waals surface area (Å²) in [5.41, 5.74) is 11.1. The monoisotopic (exact) mass is 686 g/mol. The second-order valence-corrected chi connectivity index (χ2v) is 12.6. The number of likely N-dealkylation sites (tertiary alicyclic amines) is 1.